The van der Waals surface area contributed by atoms with E-state index in [-0.39, 0.29) is 11.3 Å². The zero-order chi connectivity index (χ0) is 18.5. The summed E-state index contributed by atoms with van der Waals surface area (Å²) in [5.74, 6) is -1.02. The van der Waals surface area contributed by atoms with Crippen LogP contribution in [0.15, 0.2) is 60.7 Å². The molecule has 0 heterocycles. The summed E-state index contributed by atoms with van der Waals surface area (Å²) in [6, 6.07) is 16.6. The molecule has 0 radical (unpaired) electrons. The number of aliphatic carboxylic acids is 1. The summed E-state index contributed by atoms with van der Waals surface area (Å²) < 4.78 is 11.1. The van der Waals surface area contributed by atoms with Gasteiger partial charge in [-0.2, -0.15) is 0 Å². The summed E-state index contributed by atoms with van der Waals surface area (Å²) in [4.78, 5) is 21.9. The molecule has 0 fully saturated rings. The lowest BCUT2D eigenvalue weighted by atomic mass is 10.1. The Morgan fingerprint density at radius 1 is 0.769 bits per heavy atom. The second-order valence-electron chi connectivity index (χ2n) is 5.55. The lowest BCUT2D eigenvalue weighted by Gasteiger charge is -2.09. The Bertz CT molecular complexity index is 946. The number of phenols is 1. The second-order valence-corrected chi connectivity index (χ2v) is 5.55. The predicted octanol–water partition coefficient (Wildman–Crippen LogP) is 3.27. The van der Waals surface area contributed by atoms with Crippen LogP contribution in [0.1, 0.15) is 10.4 Å². The van der Waals surface area contributed by atoms with Crippen LogP contribution in [0.3, 0.4) is 0 Å². The topological polar surface area (TPSA) is 93.1 Å². The Hall–Kier alpha value is -3.54. The fourth-order valence-corrected chi connectivity index (χ4v) is 2.45. The van der Waals surface area contributed by atoms with Gasteiger partial charge in [-0.1, -0.05) is 12.1 Å². The monoisotopic (exact) mass is 352 g/mol. The molecule has 3 aromatic carbocycles. The highest BCUT2D eigenvalue weighted by atomic mass is 16.5. The number of benzene rings is 3. The fraction of sp³-hybridized carbons (Fsp3) is 0.100. The van der Waals surface area contributed by atoms with E-state index in [9.17, 15) is 14.7 Å². The molecular formula is C20H16O6. The average Bonchev–Trinajstić information content (AvgIpc) is 2.65. The molecule has 132 valence electrons. The molecular weight excluding hydrogens is 336 g/mol. The van der Waals surface area contributed by atoms with E-state index in [1.165, 1.54) is 12.1 Å². The van der Waals surface area contributed by atoms with Crippen molar-refractivity contribution in [1.29, 1.82) is 0 Å². The number of Topliss-reactive ketones (excluding diaryl/α,β-unsaturated/α-hetero) is 1. The summed E-state index contributed by atoms with van der Waals surface area (Å²) >= 11 is 0. The molecule has 3 rings (SSSR count). The van der Waals surface area contributed by atoms with Gasteiger partial charge in [0.2, 0.25) is 0 Å². The van der Waals surface area contributed by atoms with E-state index in [2.05, 4.69) is 0 Å². The number of phenolic OH excluding ortho intramolecular Hbond substituents is 1. The molecule has 2 N–H and O–H groups in total. The third-order valence-electron chi connectivity index (χ3n) is 3.73. The molecule has 0 aliphatic heterocycles. The molecule has 6 nitrogen and oxygen atoms in total. The average molecular weight is 352 g/mol. The fourth-order valence-electron chi connectivity index (χ4n) is 2.45. The predicted molar refractivity (Wildman–Crippen MR) is 95.0 cm³/mol. The Morgan fingerprint density at radius 2 is 1.35 bits per heavy atom. The Kier molecular flexibility index (Phi) is 5.03. The van der Waals surface area contributed by atoms with E-state index < -0.39 is 11.8 Å². The number of rotatable bonds is 7. The minimum absolute atomic E-state index is 0.100. The lowest BCUT2D eigenvalue weighted by molar-refractivity contribution is -0.131. The minimum atomic E-state index is -1.49. The van der Waals surface area contributed by atoms with Crippen LogP contribution in [0, 0.1) is 0 Å². The Labute approximate surface area is 149 Å². The van der Waals surface area contributed by atoms with E-state index in [0.29, 0.717) is 24.7 Å². The number of carboxylic acid groups (broad SMARTS) is 1. The summed E-state index contributed by atoms with van der Waals surface area (Å²) in [5, 5.41) is 20.0. The van der Waals surface area contributed by atoms with Gasteiger partial charge < -0.3 is 19.7 Å². The second kappa shape index (κ2) is 7.57. The van der Waals surface area contributed by atoms with Gasteiger partial charge in [0, 0.05) is 5.56 Å². The van der Waals surface area contributed by atoms with E-state index in [1.54, 1.807) is 24.3 Å². The van der Waals surface area contributed by atoms with Crippen molar-refractivity contribution in [1.82, 2.24) is 0 Å². The zero-order valence-electron chi connectivity index (χ0n) is 13.7. The van der Waals surface area contributed by atoms with Gasteiger partial charge in [0.05, 0.1) is 0 Å². The smallest absolute Gasteiger partial charge is 0.377 e. The van der Waals surface area contributed by atoms with E-state index in [4.69, 9.17) is 14.6 Å². The van der Waals surface area contributed by atoms with Gasteiger partial charge in [0.1, 0.15) is 30.5 Å². The molecule has 0 spiro atoms. The first kappa shape index (κ1) is 17.3. The van der Waals surface area contributed by atoms with Gasteiger partial charge in [-0.25, -0.2) is 4.79 Å². The van der Waals surface area contributed by atoms with Crippen molar-refractivity contribution in [2.45, 2.75) is 0 Å². The van der Waals surface area contributed by atoms with Crippen molar-refractivity contribution in [3.05, 3.63) is 66.2 Å². The van der Waals surface area contributed by atoms with Gasteiger partial charge in [0.15, 0.2) is 0 Å². The summed E-state index contributed by atoms with van der Waals surface area (Å²) in [6.07, 6.45) is 0. The van der Waals surface area contributed by atoms with Gasteiger partial charge in [-0.15, -0.1) is 0 Å². The van der Waals surface area contributed by atoms with E-state index in [0.717, 1.165) is 10.8 Å². The number of fused-ring (bicyclic) bond motifs is 1. The molecule has 26 heavy (non-hydrogen) atoms. The third kappa shape index (κ3) is 4.10. The van der Waals surface area contributed by atoms with Crippen molar-refractivity contribution < 1.29 is 29.3 Å². The summed E-state index contributed by atoms with van der Waals surface area (Å²) in [5.41, 5.74) is 0.100. The van der Waals surface area contributed by atoms with Gasteiger partial charge in [0.25, 0.3) is 5.78 Å². The number of aromatic hydroxyl groups is 1. The Balaban J connectivity index is 1.51. The number of ether oxygens (including phenoxy) is 2. The highest BCUT2D eigenvalue weighted by molar-refractivity contribution is 6.39. The number of carbonyl (C=O) groups excluding carboxylic acids is 1. The minimum Gasteiger partial charge on any atom is -0.508 e. The maximum absolute atomic E-state index is 11.3. The molecule has 0 atom stereocenters. The van der Waals surface area contributed by atoms with Gasteiger partial charge in [-0.05, 0) is 59.3 Å². The van der Waals surface area contributed by atoms with Crippen LogP contribution in [0.2, 0.25) is 0 Å². The van der Waals surface area contributed by atoms with Crippen LogP contribution < -0.4 is 9.47 Å². The number of carboxylic acids is 1. The maximum Gasteiger partial charge on any atom is 0.377 e. The molecule has 3 aromatic rings. The zero-order valence-corrected chi connectivity index (χ0v) is 13.7. The summed E-state index contributed by atoms with van der Waals surface area (Å²) in [6.45, 7) is 0.610. The Morgan fingerprint density at radius 3 is 2.04 bits per heavy atom. The first-order valence-corrected chi connectivity index (χ1v) is 7.89. The van der Waals surface area contributed by atoms with Crippen LogP contribution in [0.5, 0.6) is 17.2 Å². The first-order valence-electron chi connectivity index (χ1n) is 7.89. The normalized spacial score (nSPS) is 10.5. The molecule has 0 bridgehead atoms. The van der Waals surface area contributed by atoms with Crippen molar-refractivity contribution in [3.8, 4) is 17.2 Å². The van der Waals surface area contributed by atoms with Crippen molar-refractivity contribution in [3.63, 3.8) is 0 Å². The number of hydrogen-bond donors (Lipinski definition) is 2. The quantitative estimate of drug-likeness (QED) is 0.385. The lowest BCUT2D eigenvalue weighted by Crippen LogP contribution is -2.12. The molecule has 0 saturated carbocycles. The molecule has 0 aliphatic carbocycles. The summed E-state index contributed by atoms with van der Waals surface area (Å²) in [7, 11) is 0. The van der Waals surface area contributed by atoms with Crippen molar-refractivity contribution in [2.75, 3.05) is 13.2 Å². The number of ketones is 1. The molecule has 0 amide bonds. The van der Waals surface area contributed by atoms with Gasteiger partial charge in [-0.3, -0.25) is 4.79 Å². The van der Waals surface area contributed by atoms with Crippen LogP contribution >= 0.6 is 0 Å². The van der Waals surface area contributed by atoms with Crippen LogP contribution in [0.4, 0.5) is 0 Å². The maximum atomic E-state index is 11.3. The highest BCUT2D eigenvalue weighted by Gasteiger charge is 2.13. The van der Waals surface area contributed by atoms with E-state index in [1.807, 2.05) is 24.3 Å². The van der Waals surface area contributed by atoms with E-state index >= 15 is 0 Å². The molecule has 0 aromatic heterocycles. The van der Waals surface area contributed by atoms with Crippen molar-refractivity contribution >= 4 is 22.5 Å². The molecule has 0 aliphatic rings. The SMILES string of the molecule is O=C(O)C(=O)c1ccc(OCCOc2ccc3cc(O)ccc3c2)cc1. The third-order valence-corrected chi connectivity index (χ3v) is 3.73. The van der Waals surface area contributed by atoms with Crippen LogP contribution in [-0.4, -0.2) is 35.2 Å². The largest absolute Gasteiger partial charge is 0.508 e. The first-order chi connectivity index (χ1) is 12.5. The molecule has 6 heteroatoms. The molecule has 0 saturated heterocycles. The number of hydrogen-bond acceptors (Lipinski definition) is 5. The standard InChI is InChI=1S/C20H16O6/c21-16-5-1-15-12-18(8-4-14(15)11-16)26-10-9-25-17-6-2-13(3-7-17)19(22)20(23)24/h1-8,11-12,21H,9-10H2,(H,23,24). The highest BCUT2D eigenvalue weighted by Crippen LogP contribution is 2.24. The van der Waals surface area contributed by atoms with Crippen LogP contribution in [0.25, 0.3) is 10.8 Å². The van der Waals surface area contributed by atoms with Crippen LogP contribution in [-0.2, 0) is 4.79 Å². The molecule has 0 unspecified atom stereocenters. The van der Waals surface area contributed by atoms with Crippen molar-refractivity contribution in [2.24, 2.45) is 0 Å². The number of carbonyl (C=O) groups is 2. The van der Waals surface area contributed by atoms with Gasteiger partial charge >= 0.3 is 5.97 Å².